The smallest absolute Gasteiger partial charge is 0.0619 e. The Hall–Kier alpha value is -7.02. The van der Waals surface area contributed by atoms with Gasteiger partial charge in [0.05, 0.1) is 5.41 Å². The van der Waals surface area contributed by atoms with E-state index in [2.05, 4.69) is 194 Å². The molecule has 0 unspecified atom stereocenters. The second kappa shape index (κ2) is 10.6. The lowest BCUT2D eigenvalue weighted by molar-refractivity contribution is 0.795. The van der Waals surface area contributed by atoms with Crippen molar-refractivity contribution in [2.75, 3.05) is 0 Å². The highest BCUT2D eigenvalue weighted by Gasteiger charge is 2.52. The Balaban J connectivity index is 1.07. The van der Waals surface area contributed by atoms with Gasteiger partial charge in [-0.3, -0.25) is 0 Å². The second-order valence-corrected chi connectivity index (χ2v) is 15.5. The Morgan fingerprint density at radius 3 is 1.49 bits per heavy atom. The highest BCUT2D eigenvalue weighted by atomic mass is 14.5. The molecule has 0 fully saturated rings. The van der Waals surface area contributed by atoms with E-state index in [0.717, 1.165) is 0 Å². The summed E-state index contributed by atoms with van der Waals surface area (Å²) in [7, 11) is 0. The molecule has 1 spiro atoms. The molecule has 10 aromatic rings. The maximum Gasteiger partial charge on any atom is 0.0726 e. The number of hydrogen-bond acceptors (Lipinski definition) is 0. The van der Waals surface area contributed by atoms with Gasteiger partial charge in [0.25, 0.3) is 0 Å². The molecule has 0 bridgehead atoms. The third kappa shape index (κ3) is 3.62. The van der Waals surface area contributed by atoms with Gasteiger partial charge in [-0.15, -0.1) is 0 Å². The van der Waals surface area contributed by atoms with Crippen LogP contribution in [0.25, 0.3) is 99.1 Å². The van der Waals surface area contributed by atoms with Crippen molar-refractivity contribution in [3.63, 3.8) is 0 Å². The zero-order valence-electron chi connectivity index (χ0n) is 30.0. The van der Waals surface area contributed by atoms with Crippen LogP contribution in [0.5, 0.6) is 0 Å². The Morgan fingerprint density at radius 1 is 0.255 bits per heavy atom. The molecular formula is C55H32. The minimum atomic E-state index is -0.428. The molecule has 3 aliphatic carbocycles. The minimum Gasteiger partial charge on any atom is -0.0619 e. The fourth-order valence-electron chi connectivity index (χ4n) is 10.9. The Labute approximate surface area is 319 Å². The number of rotatable bonds is 2. The van der Waals surface area contributed by atoms with Crippen LogP contribution >= 0.6 is 0 Å². The van der Waals surface area contributed by atoms with Gasteiger partial charge in [-0.1, -0.05) is 188 Å². The summed E-state index contributed by atoms with van der Waals surface area (Å²) in [6, 6.07) is 73.2. The molecular weight excluding hydrogens is 661 g/mol. The van der Waals surface area contributed by atoms with E-state index in [-0.39, 0.29) is 0 Å². The first-order valence-corrected chi connectivity index (χ1v) is 19.4. The predicted molar refractivity (Wildman–Crippen MR) is 231 cm³/mol. The summed E-state index contributed by atoms with van der Waals surface area (Å²) in [5, 5.41) is 7.86. The van der Waals surface area contributed by atoms with Crippen LogP contribution in [-0.2, 0) is 5.41 Å². The Morgan fingerprint density at radius 2 is 0.764 bits per heavy atom. The average molecular weight is 693 g/mol. The SMILES string of the molecule is c1ccc2c(c1)-c1cccc3c(-c4ccc(-c5cc6c(c7ccccc57)-c5c(ccc7ccccc57)C65c6ccccc6-c6ccccc65)cc4)ccc-2c13. The van der Waals surface area contributed by atoms with Gasteiger partial charge in [0.2, 0.25) is 0 Å². The van der Waals surface area contributed by atoms with E-state index in [0.29, 0.717) is 0 Å². The van der Waals surface area contributed by atoms with Gasteiger partial charge in [0.15, 0.2) is 0 Å². The highest BCUT2D eigenvalue weighted by Crippen LogP contribution is 2.65. The molecule has 3 aliphatic rings. The van der Waals surface area contributed by atoms with E-state index in [4.69, 9.17) is 0 Å². The topological polar surface area (TPSA) is 0 Å². The van der Waals surface area contributed by atoms with E-state index in [1.54, 1.807) is 0 Å². The highest BCUT2D eigenvalue weighted by molar-refractivity contribution is 6.19. The van der Waals surface area contributed by atoms with Gasteiger partial charge < -0.3 is 0 Å². The number of benzene rings is 10. The molecule has 0 amide bonds. The van der Waals surface area contributed by atoms with E-state index in [1.807, 2.05) is 0 Å². The summed E-state index contributed by atoms with van der Waals surface area (Å²) in [4.78, 5) is 0. The Bertz CT molecular complexity index is 3230. The Kier molecular flexibility index (Phi) is 5.65. The molecule has 0 nitrogen and oxygen atoms in total. The molecule has 10 aromatic carbocycles. The summed E-state index contributed by atoms with van der Waals surface area (Å²) >= 11 is 0. The third-order valence-electron chi connectivity index (χ3n) is 13.0. The molecule has 0 saturated heterocycles. The molecule has 0 atom stereocenters. The van der Waals surface area contributed by atoms with Crippen LogP contribution in [0.1, 0.15) is 22.3 Å². The quantitative estimate of drug-likeness (QED) is 0.169. The molecule has 0 N–H and O–H groups in total. The van der Waals surface area contributed by atoms with Gasteiger partial charge in [0, 0.05) is 0 Å². The molecule has 0 saturated carbocycles. The zero-order valence-corrected chi connectivity index (χ0v) is 30.0. The number of hydrogen-bond donors (Lipinski definition) is 0. The lowest BCUT2D eigenvalue weighted by Gasteiger charge is -2.31. The molecule has 252 valence electrons. The van der Waals surface area contributed by atoms with E-state index in [1.165, 1.54) is 121 Å². The van der Waals surface area contributed by atoms with Crippen molar-refractivity contribution in [2.45, 2.75) is 5.41 Å². The van der Waals surface area contributed by atoms with Gasteiger partial charge in [0.1, 0.15) is 0 Å². The van der Waals surface area contributed by atoms with Crippen molar-refractivity contribution in [3.8, 4) is 66.8 Å². The maximum atomic E-state index is 2.55. The molecule has 55 heavy (non-hydrogen) atoms. The van der Waals surface area contributed by atoms with Crippen LogP contribution in [0.3, 0.4) is 0 Å². The van der Waals surface area contributed by atoms with Crippen molar-refractivity contribution in [3.05, 3.63) is 216 Å². The fraction of sp³-hybridized carbons (Fsp3) is 0.0182. The summed E-state index contributed by atoms with van der Waals surface area (Å²) in [6.45, 7) is 0. The van der Waals surface area contributed by atoms with Crippen molar-refractivity contribution >= 4 is 32.3 Å². The summed E-state index contributed by atoms with van der Waals surface area (Å²) in [5.41, 5.74) is 20.8. The van der Waals surface area contributed by atoms with Crippen LogP contribution in [0.2, 0.25) is 0 Å². The second-order valence-electron chi connectivity index (χ2n) is 15.5. The van der Waals surface area contributed by atoms with Gasteiger partial charge >= 0.3 is 0 Å². The molecule has 0 radical (unpaired) electrons. The molecule has 13 rings (SSSR count). The van der Waals surface area contributed by atoms with Crippen LogP contribution in [0.4, 0.5) is 0 Å². The van der Waals surface area contributed by atoms with E-state index >= 15 is 0 Å². The number of fused-ring (bicyclic) bond motifs is 17. The monoisotopic (exact) mass is 692 g/mol. The van der Waals surface area contributed by atoms with E-state index < -0.39 is 5.41 Å². The third-order valence-corrected chi connectivity index (χ3v) is 13.0. The molecule has 0 aromatic heterocycles. The molecule has 0 heterocycles. The molecule has 0 aliphatic heterocycles. The minimum absolute atomic E-state index is 0.428. The standard InChI is InChI=1S/C55H32/c1-2-13-37-33(12-1)28-31-50-53(37)54-45-19-6-5-16-40(45)47(32-51(54)55(50)48-22-9-7-17-41(48)42-18-8-10-23-49(42)55)35-26-24-34(25-27-35)36-29-30-46-39-15-4-3-14-38(39)44-21-11-20-43(36)52(44)46/h1-32H. The normalized spacial score (nSPS) is 13.6. The van der Waals surface area contributed by atoms with Crippen molar-refractivity contribution < 1.29 is 0 Å². The summed E-state index contributed by atoms with van der Waals surface area (Å²) in [6.07, 6.45) is 0. The lowest BCUT2D eigenvalue weighted by Crippen LogP contribution is -2.26. The van der Waals surface area contributed by atoms with Crippen molar-refractivity contribution in [2.24, 2.45) is 0 Å². The first kappa shape index (κ1) is 29.4. The zero-order chi connectivity index (χ0) is 35.8. The fourth-order valence-corrected chi connectivity index (χ4v) is 10.9. The molecule has 0 heteroatoms. The average Bonchev–Trinajstić information content (AvgIpc) is 3.86. The first-order chi connectivity index (χ1) is 27.3. The van der Waals surface area contributed by atoms with Crippen molar-refractivity contribution in [1.82, 2.24) is 0 Å². The van der Waals surface area contributed by atoms with Crippen LogP contribution < -0.4 is 0 Å². The predicted octanol–water partition coefficient (Wildman–Crippen LogP) is 14.5. The summed E-state index contributed by atoms with van der Waals surface area (Å²) in [5.74, 6) is 0. The van der Waals surface area contributed by atoms with Crippen molar-refractivity contribution in [1.29, 1.82) is 0 Å². The van der Waals surface area contributed by atoms with E-state index in [9.17, 15) is 0 Å². The maximum absolute atomic E-state index is 2.55. The van der Waals surface area contributed by atoms with Gasteiger partial charge in [-0.25, -0.2) is 0 Å². The lowest BCUT2D eigenvalue weighted by atomic mass is 9.70. The van der Waals surface area contributed by atoms with Crippen LogP contribution in [-0.4, -0.2) is 0 Å². The van der Waals surface area contributed by atoms with Gasteiger partial charge in [-0.05, 0) is 127 Å². The summed E-state index contributed by atoms with van der Waals surface area (Å²) < 4.78 is 0. The van der Waals surface area contributed by atoms with Crippen LogP contribution in [0, 0.1) is 0 Å². The van der Waals surface area contributed by atoms with Crippen LogP contribution in [0.15, 0.2) is 194 Å². The van der Waals surface area contributed by atoms with Gasteiger partial charge in [-0.2, -0.15) is 0 Å². The first-order valence-electron chi connectivity index (χ1n) is 19.4. The largest absolute Gasteiger partial charge is 0.0726 e.